The lowest BCUT2D eigenvalue weighted by Gasteiger charge is -2.17. The minimum atomic E-state index is -0.173. The van der Waals surface area contributed by atoms with Crippen LogP contribution >= 0.6 is 0 Å². The van der Waals surface area contributed by atoms with E-state index in [-0.39, 0.29) is 11.5 Å². The highest BCUT2D eigenvalue weighted by Crippen LogP contribution is 2.16. The van der Waals surface area contributed by atoms with Crippen molar-refractivity contribution in [2.24, 2.45) is 0 Å². The van der Waals surface area contributed by atoms with Gasteiger partial charge in [-0.15, -0.1) is 0 Å². The average molecular weight is 370 g/mol. The molecule has 4 aromatic rings. The molecule has 0 aliphatic carbocycles. The molecule has 0 unspecified atom stereocenters. The Labute approximate surface area is 161 Å². The van der Waals surface area contributed by atoms with E-state index in [0.29, 0.717) is 28.0 Å². The molecule has 4 rings (SSSR count). The summed E-state index contributed by atoms with van der Waals surface area (Å²) in [5.41, 5.74) is 2.70. The molecule has 6 nitrogen and oxygen atoms in total. The van der Waals surface area contributed by atoms with Gasteiger partial charge in [0.15, 0.2) is 0 Å². The Morgan fingerprint density at radius 1 is 1.00 bits per heavy atom. The monoisotopic (exact) mass is 370 g/mol. The number of fused-ring (bicyclic) bond motifs is 1. The number of hydrogen-bond acceptors (Lipinski definition) is 4. The van der Waals surface area contributed by atoms with Crippen molar-refractivity contribution < 1.29 is 4.79 Å². The molecule has 0 N–H and O–H groups in total. The van der Waals surface area contributed by atoms with Crippen LogP contribution in [0.3, 0.4) is 0 Å². The minimum absolute atomic E-state index is 0.147. The van der Waals surface area contributed by atoms with Crippen molar-refractivity contribution in [3.63, 3.8) is 0 Å². The third kappa shape index (κ3) is 3.16. The molecule has 2 heterocycles. The molecule has 28 heavy (non-hydrogen) atoms. The first-order valence-electron chi connectivity index (χ1n) is 8.82. The number of carbonyl (C=O) groups excluding carboxylic acids is 1. The Hall–Kier alpha value is -3.80. The third-order valence-corrected chi connectivity index (χ3v) is 4.61. The first kappa shape index (κ1) is 17.6. The first-order chi connectivity index (χ1) is 13.5. The van der Waals surface area contributed by atoms with E-state index >= 15 is 0 Å². The van der Waals surface area contributed by atoms with Crippen LogP contribution in [0.25, 0.3) is 16.6 Å². The van der Waals surface area contributed by atoms with E-state index in [2.05, 4.69) is 9.97 Å². The zero-order chi connectivity index (χ0) is 19.7. The zero-order valence-corrected chi connectivity index (χ0v) is 15.5. The molecule has 0 fully saturated rings. The van der Waals surface area contributed by atoms with Crippen LogP contribution in [0.5, 0.6) is 0 Å². The lowest BCUT2D eigenvalue weighted by atomic mass is 10.1. The van der Waals surface area contributed by atoms with E-state index in [1.165, 1.54) is 15.8 Å². The second kappa shape index (κ2) is 7.08. The molecule has 6 heteroatoms. The molecule has 0 spiro atoms. The summed E-state index contributed by atoms with van der Waals surface area (Å²) in [6, 6.07) is 17.8. The molecule has 0 saturated heterocycles. The van der Waals surface area contributed by atoms with Crippen LogP contribution in [0.1, 0.15) is 15.9 Å². The summed E-state index contributed by atoms with van der Waals surface area (Å²) in [6.45, 7) is 1.95. The van der Waals surface area contributed by atoms with Crippen molar-refractivity contribution in [1.29, 1.82) is 0 Å². The van der Waals surface area contributed by atoms with Crippen LogP contribution in [0.2, 0.25) is 0 Å². The first-order valence-corrected chi connectivity index (χ1v) is 8.82. The predicted octanol–water partition coefficient (Wildman–Crippen LogP) is 3.37. The van der Waals surface area contributed by atoms with Crippen LogP contribution in [0, 0.1) is 6.92 Å². The fourth-order valence-corrected chi connectivity index (χ4v) is 3.02. The molecule has 2 aromatic carbocycles. The second-order valence-corrected chi connectivity index (χ2v) is 6.54. The number of aryl methyl sites for hydroxylation is 1. The molecule has 0 saturated carbocycles. The smallest absolute Gasteiger partial charge is 0.265 e. The van der Waals surface area contributed by atoms with Gasteiger partial charge in [0.05, 0.1) is 16.6 Å². The number of amides is 1. The van der Waals surface area contributed by atoms with E-state index in [4.69, 9.17) is 0 Å². The van der Waals surface area contributed by atoms with Gasteiger partial charge in [-0.05, 0) is 61.0 Å². The standard InChI is InChI=1S/C22H18N4O2/c1-15-11-12-23-20(13-15)25(2)21(27)16-7-9-17(10-8-16)26-14-24-19-6-4-3-5-18(19)22(26)28/h3-14H,1-2H3. The second-order valence-electron chi connectivity index (χ2n) is 6.54. The predicted molar refractivity (Wildman–Crippen MR) is 109 cm³/mol. The highest BCUT2D eigenvalue weighted by molar-refractivity contribution is 6.05. The maximum absolute atomic E-state index is 12.8. The van der Waals surface area contributed by atoms with Gasteiger partial charge in [-0.1, -0.05) is 12.1 Å². The molecule has 0 atom stereocenters. The van der Waals surface area contributed by atoms with Gasteiger partial charge < -0.3 is 0 Å². The number of rotatable bonds is 3. The summed E-state index contributed by atoms with van der Waals surface area (Å²) in [5, 5.41) is 0.551. The lowest BCUT2D eigenvalue weighted by molar-refractivity contribution is 0.0992. The van der Waals surface area contributed by atoms with Crippen molar-refractivity contribution in [2.45, 2.75) is 6.92 Å². The zero-order valence-electron chi connectivity index (χ0n) is 15.5. The molecule has 1 amide bonds. The maximum atomic E-state index is 12.8. The van der Waals surface area contributed by atoms with E-state index in [0.717, 1.165) is 5.56 Å². The summed E-state index contributed by atoms with van der Waals surface area (Å²) >= 11 is 0. The van der Waals surface area contributed by atoms with Crippen molar-refractivity contribution in [3.8, 4) is 5.69 Å². The Bertz CT molecular complexity index is 1230. The summed E-state index contributed by atoms with van der Waals surface area (Å²) in [4.78, 5) is 35.5. The van der Waals surface area contributed by atoms with Crippen LogP contribution in [-0.4, -0.2) is 27.5 Å². The van der Waals surface area contributed by atoms with Gasteiger partial charge >= 0.3 is 0 Å². The molecular formula is C22H18N4O2. The van der Waals surface area contributed by atoms with E-state index in [1.807, 2.05) is 31.2 Å². The normalized spacial score (nSPS) is 10.8. The Kier molecular flexibility index (Phi) is 4.45. The number of benzene rings is 2. The third-order valence-electron chi connectivity index (χ3n) is 4.61. The number of nitrogens with zero attached hydrogens (tertiary/aromatic N) is 4. The van der Waals surface area contributed by atoms with E-state index in [1.54, 1.807) is 49.6 Å². The number of hydrogen-bond donors (Lipinski definition) is 0. The maximum Gasteiger partial charge on any atom is 0.265 e. The quantitative estimate of drug-likeness (QED) is 0.554. The van der Waals surface area contributed by atoms with Gasteiger partial charge in [0.25, 0.3) is 11.5 Å². The molecule has 2 aromatic heterocycles. The highest BCUT2D eigenvalue weighted by atomic mass is 16.2. The number of aromatic nitrogens is 3. The van der Waals surface area contributed by atoms with Gasteiger partial charge in [-0.2, -0.15) is 0 Å². The Morgan fingerprint density at radius 3 is 2.50 bits per heavy atom. The van der Waals surface area contributed by atoms with Crippen molar-refractivity contribution in [2.75, 3.05) is 11.9 Å². The summed E-state index contributed by atoms with van der Waals surface area (Å²) in [6.07, 6.45) is 3.18. The molecular weight excluding hydrogens is 352 g/mol. The summed E-state index contributed by atoms with van der Waals surface area (Å²) < 4.78 is 1.47. The van der Waals surface area contributed by atoms with E-state index in [9.17, 15) is 9.59 Å². The van der Waals surface area contributed by atoms with Crippen molar-refractivity contribution >= 4 is 22.6 Å². The molecule has 0 aliphatic rings. The average Bonchev–Trinajstić information content (AvgIpc) is 2.73. The topological polar surface area (TPSA) is 68.1 Å². The fraction of sp³-hybridized carbons (Fsp3) is 0.0909. The molecule has 0 bridgehead atoms. The number of para-hydroxylation sites is 1. The fourth-order valence-electron chi connectivity index (χ4n) is 3.02. The van der Waals surface area contributed by atoms with Crippen LogP contribution in [0.15, 0.2) is 78.0 Å². The Balaban J connectivity index is 1.65. The SMILES string of the molecule is Cc1ccnc(N(C)C(=O)c2ccc(-n3cnc4ccccc4c3=O)cc2)c1. The summed E-state index contributed by atoms with van der Waals surface area (Å²) in [7, 11) is 1.69. The minimum Gasteiger partial charge on any atom is -0.296 e. The van der Waals surface area contributed by atoms with Crippen molar-refractivity contribution in [3.05, 3.63) is 94.7 Å². The van der Waals surface area contributed by atoms with Gasteiger partial charge in [0.1, 0.15) is 12.1 Å². The summed E-state index contributed by atoms with van der Waals surface area (Å²) in [5.74, 6) is 0.414. The number of anilines is 1. The number of carbonyl (C=O) groups is 1. The molecule has 0 radical (unpaired) electrons. The van der Waals surface area contributed by atoms with Gasteiger partial charge in [0, 0.05) is 18.8 Å². The van der Waals surface area contributed by atoms with Crippen LogP contribution < -0.4 is 10.5 Å². The van der Waals surface area contributed by atoms with Gasteiger partial charge in [-0.3, -0.25) is 19.1 Å². The van der Waals surface area contributed by atoms with E-state index < -0.39 is 0 Å². The molecule has 138 valence electrons. The van der Waals surface area contributed by atoms with Crippen LogP contribution in [-0.2, 0) is 0 Å². The van der Waals surface area contributed by atoms with Crippen LogP contribution in [0.4, 0.5) is 5.82 Å². The largest absolute Gasteiger partial charge is 0.296 e. The number of pyridine rings is 1. The Morgan fingerprint density at radius 2 is 1.75 bits per heavy atom. The highest BCUT2D eigenvalue weighted by Gasteiger charge is 2.15. The van der Waals surface area contributed by atoms with Crippen molar-refractivity contribution in [1.82, 2.24) is 14.5 Å². The molecule has 0 aliphatic heterocycles. The lowest BCUT2D eigenvalue weighted by Crippen LogP contribution is -2.27. The van der Waals surface area contributed by atoms with Gasteiger partial charge in [-0.25, -0.2) is 9.97 Å². The van der Waals surface area contributed by atoms with Gasteiger partial charge in [0.2, 0.25) is 0 Å².